The van der Waals surface area contributed by atoms with Gasteiger partial charge in [0.15, 0.2) is 11.5 Å². The first kappa shape index (κ1) is 19.3. The van der Waals surface area contributed by atoms with Gasteiger partial charge in [-0.25, -0.2) is 15.0 Å². The molecule has 3 N–H and O–H groups in total. The molecule has 4 atom stereocenters. The zero-order valence-electron chi connectivity index (χ0n) is 17.5. The summed E-state index contributed by atoms with van der Waals surface area (Å²) in [6, 6.07) is 0.0127. The summed E-state index contributed by atoms with van der Waals surface area (Å²) in [4.78, 5) is 40.5. The molecule has 0 bridgehead atoms. The lowest BCUT2D eigenvalue weighted by Gasteiger charge is -2.37. The van der Waals surface area contributed by atoms with Crippen molar-refractivity contribution < 1.29 is 9.59 Å². The minimum Gasteiger partial charge on any atom is -0.382 e. The minimum absolute atomic E-state index is 0.000286. The maximum atomic E-state index is 13.2. The molecule has 9 nitrogen and oxygen atoms in total. The van der Waals surface area contributed by atoms with E-state index in [-0.39, 0.29) is 41.9 Å². The Bertz CT molecular complexity index is 1000. The van der Waals surface area contributed by atoms with Gasteiger partial charge in [-0.05, 0) is 43.4 Å². The molecule has 0 radical (unpaired) electrons. The van der Waals surface area contributed by atoms with Crippen LogP contribution in [-0.4, -0.2) is 54.4 Å². The molecule has 9 heteroatoms. The van der Waals surface area contributed by atoms with E-state index in [1.165, 1.54) is 12.7 Å². The van der Waals surface area contributed by atoms with Crippen LogP contribution in [0.5, 0.6) is 0 Å². The van der Waals surface area contributed by atoms with Gasteiger partial charge in [0.25, 0.3) is 0 Å². The van der Waals surface area contributed by atoms with Crippen LogP contribution in [0.15, 0.2) is 12.7 Å². The number of hydrogen-bond acceptors (Lipinski definition) is 6. The van der Waals surface area contributed by atoms with E-state index in [0.29, 0.717) is 22.9 Å². The lowest BCUT2D eigenvalue weighted by atomic mass is 9.75. The van der Waals surface area contributed by atoms with Crippen molar-refractivity contribution in [2.45, 2.75) is 77.0 Å². The Hall–Kier alpha value is -2.71. The van der Waals surface area contributed by atoms with Gasteiger partial charge >= 0.3 is 0 Å². The standard InChI is InChI=1S/C21H29N7O2/c1-21(2)5-3-4-13(8-21)26-20(30)15-7-12-6-14(12)28(15)16(29)9-27-11-25-17-18(22)23-10-24-19(17)27/h10-15H,3-9H2,1-2H3,(H,26,30)(H2,22,23,24)/t12-,13?,14-,15+/m1/s1. The second-order valence-electron chi connectivity index (χ2n) is 9.89. The lowest BCUT2D eigenvalue weighted by Crippen LogP contribution is -2.52. The summed E-state index contributed by atoms with van der Waals surface area (Å²) in [6.07, 6.45) is 9.03. The number of nitrogens with one attached hydrogen (secondary N) is 1. The molecule has 2 amide bonds. The van der Waals surface area contributed by atoms with Crippen molar-refractivity contribution in [3.63, 3.8) is 0 Å². The number of anilines is 1. The number of piperidine rings is 1. The van der Waals surface area contributed by atoms with Crippen molar-refractivity contribution in [2.75, 3.05) is 5.73 Å². The zero-order valence-corrected chi connectivity index (χ0v) is 17.5. The van der Waals surface area contributed by atoms with Gasteiger partial charge in [0, 0.05) is 12.1 Å². The van der Waals surface area contributed by atoms with Crippen LogP contribution in [0.3, 0.4) is 0 Å². The number of rotatable bonds is 4. The monoisotopic (exact) mass is 411 g/mol. The van der Waals surface area contributed by atoms with Crippen molar-refractivity contribution in [2.24, 2.45) is 11.3 Å². The third kappa shape index (κ3) is 3.40. The number of imidazole rings is 1. The molecule has 3 aliphatic rings. The van der Waals surface area contributed by atoms with Crippen molar-refractivity contribution in [1.82, 2.24) is 29.7 Å². The molecule has 0 aromatic carbocycles. The van der Waals surface area contributed by atoms with E-state index in [1.807, 2.05) is 4.90 Å². The van der Waals surface area contributed by atoms with Crippen LogP contribution in [0, 0.1) is 11.3 Å². The number of hydrogen-bond donors (Lipinski definition) is 2. The smallest absolute Gasteiger partial charge is 0.243 e. The third-order valence-corrected chi connectivity index (χ3v) is 6.98. The molecule has 3 heterocycles. The van der Waals surface area contributed by atoms with E-state index in [2.05, 4.69) is 34.1 Å². The van der Waals surface area contributed by atoms with Crippen LogP contribution in [-0.2, 0) is 16.1 Å². The molecule has 160 valence electrons. The second-order valence-corrected chi connectivity index (χ2v) is 9.89. The number of nitrogens with two attached hydrogens (primary N) is 1. The van der Waals surface area contributed by atoms with E-state index in [0.717, 1.165) is 32.1 Å². The van der Waals surface area contributed by atoms with Gasteiger partial charge < -0.3 is 20.5 Å². The summed E-state index contributed by atoms with van der Waals surface area (Å²) in [5.74, 6) is 0.674. The summed E-state index contributed by atoms with van der Waals surface area (Å²) >= 11 is 0. The van der Waals surface area contributed by atoms with Gasteiger partial charge in [-0.1, -0.05) is 20.3 Å². The predicted octanol–water partition coefficient (Wildman–Crippen LogP) is 1.48. The molecular weight excluding hydrogens is 382 g/mol. The number of amides is 2. The summed E-state index contributed by atoms with van der Waals surface area (Å²) in [5.41, 5.74) is 7.13. The summed E-state index contributed by atoms with van der Waals surface area (Å²) in [5, 5.41) is 3.25. The number of nitrogen functional groups attached to an aromatic ring is 1. The highest BCUT2D eigenvalue weighted by Gasteiger charge is 2.56. The first-order valence-electron chi connectivity index (χ1n) is 10.9. The molecule has 2 aromatic heterocycles. The first-order valence-corrected chi connectivity index (χ1v) is 10.9. The fraction of sp³-hybridized carbons (Fsp3) is 0.667. The number of fused-ring (bicyclic) bond motifs is 2. The quantitative estimate of drug-likeness (QED) is 0.787. The van der Waals surface area contributed by atoms with Gasteiger partial charge in [0.2, 0.25) is 11.8 Å². The molecule has 1 aliphatic heterocycles. The predicted molar refractivity (Wildman–Crippen MR) is 111 cm³/mol. The number of likely N-dealkylation sites (tertiary alicyclic amines) is 1. The highest BCUT2D eigenvalue weighted by atomic mass is 16.2. The fourth-order valence-electron chi connectivity index (χ4n) is 5.41. The topological polar surface area (TPSA) is 119 Å². The van der Waals surface area contributed by atoms with Gasteiger partial charge in [0.1, 0.15) is 24.4 Å². The number of aromatic nitrogens is 4. The molecule has 30 heavy (non-hydrogen) atoms. The summed E-state index contributed by atoms with van der Waals surface area (Å²) in [7, 11) is 0. The number of carbonyl (C=O) groups excluding carboxylic acids is 2. The van der Waals surface area contributed by atoms with Crippen LogP contribution >= 0.6 is 0 Å². The number of nitrogens with zero attached hydrogens (tertiary/aromatic N) is 5. The highest BCUT2D eigenvalue weighted by molar-refractivity contribution is 5.90. The second kappa shape index (κ2) is 6.92. The molecule has 2 aliphatic carbocycles. The molecule has 0 spiro atoms. The SMILES string of the molecule is CC1(C)CCCC(NC(=O)[C@@H]2C[C@H]3C[C@H]3N2C(=O)Cn2cnc3c(N)ncnc32)C1. The highest BCUT2D eigenvalue weighted by Crippen LogP contribution is 2.48. The Kier molecular flexibility index (Phi) is 4.44. The Morgan fingerprint density at radius 1 is 1.27 bits per heavy atom. The molecule has 1 unspecified atom stereocenters. The van der Waals surface area contributed by atoms with E-state index >= 15 is 0 Å². The van der Waals surface area contributed by atoms with Crippen LogP contribution in [0.1, 0.15) is 52.4 Å². The first-order chi connectivity index (χ1) is 14.3. The molecular formula is C21H29N7O2. The van der Waals surface area contributed by atoms with Crippen LogP contribution in [0.2, 0.25) is 0 Å². The molecule has 2 saturated carbocycles. The van der Waals surface area contributed by atoms with Crippen molar-refractivity contribution in [3.8, 4) is 0 Å². The largest absolute Gasteiger partial charge is 0.382 e. The number of carbonyl (C=O) groups is 2. The third-order valence-electron chi connectivity index (χ3n) is 6.98. The fourth-order valence-corrected chi connectivity index (χ4v) is 5.41. The molecule has 2 aromatic rings. The Morgan fingerprint density at radius 2 is 2.10 bits per heavy atom. The van der Waals surface area contributed by atoms with Gasteiger partial charge in [-0.3, -0.25) is 9.59 Å². The molecule has 1 saturated heterocycles. The van der Waals surface area contributed by atoms with Crippen LogP contribution in [0.25, 0.3) is 11.2 Å². The summed E-state index contributed by atoms with van der Waals surface area (Å²) in [6.45, 7) is 4.62. The van der Waals surface area contributed by atoms with E-state index < -0.39 is 0 Å². The van der Waals surface area contributed by atoms with Gasteiger partial charge in [-0.15, -0.1) is 0 Å². The Labute approximate surface area is 175 Å². The van der Waals surface area contributed by atoms with Crippen molar-refractivity contribution >= 4 is 28.8 Å². The van der Waals surface area contributed by atoms with E-state index in [4.69, 9.17) is 5.73 Å². The van der Waals surface area contributed by atoms with Crippen molar-refractivity contribution in [3.05, 3.63) is 12.7 Å². The molecule has 5 rings (SSSR count). The van der Waals surface area contributed by atoms with E-state index in [9.17, 15) is 9.59 Å². The maximum absolute atomic E-state index is 13.2. The normalized spacial score (nSPS) is 29.6. The van der Waals surface area contributed by atoms with Gasteiger partial charge in [0.05, 0.1) is 6.33 Å². The lowest BCUT2D eigenvalue weighted by molar-refractivity contribution is -0.140. The van der Waals surface area contributed by atoms with Crippen LogP contribution in [0.4, 0.5) is 5.82 Å². The molecule has 3 fully saturated rings. The van der Waals surface area contributed by atoms with Crippen molar-refractivity contribution in [1.29, 1.82) is 0 Å². The Morgan fingerprint density at radius 3 is 2.90 bits per heavy atom. The summed E-state index contributed by atoms with van der Waals surface area (Å²) < 4.78 is 1.68. The van der Waals surface area contributed by atoms with Gasteiger partial charge in [-0.2, -0.15) is 0 Å². The maximum Gasteiger partial charge on any atom is 0.243 e. The minimum atomic E-state index is -0.374. The average molecular weight is 412 g/mol. The average Bonchev–Trinajstić information content (AvgIpc) is 3.14. The zero-order chi connectivity index (χ0) is 21.0. The Balaban J connectivity index is 1.29. The van der Waals surface area contributed by atoms with Crippen LogP contribution < -0.4 is 11.1 Å². The van der Waals surface area contributed by atoms with E-state index in [1.54, 1.807) is 10.9 Å².